The molecule has 1 unspecified atom stereocenters. The number of hydrogen-bond donors (Lipinski definition) is 3. The Labute approximate surface area is 187 Å². The van der Waals surface area contributed by atoms with Crippen LogP contribution in [0.1, 0.15) is 27.0 Å². The van der Waals surface area contributed by atoms with Gasteiger partial charge in [-0.2, -0.15) is 4.98 Å². The van der Waals surface area contributed by atoms with Crippen molar-refractivity contribution in [3.63, 3.8) is 0 Å². The molecule has 2 heterocycles. The van der Waals surface area contributed by atoms with Crippen LogP contribution in [0, 0.1) is 12.7 Å². The van der Waals surface area contributed by atoms with E-state index in [0.717, 1.165) is 4.90 Å². The maximum atomic E-state index is 15.1. The van der Waals surface area contributed by atoms with Crippen molar-refractivity contribution in [1.29, 1.82) is 0 Å². The Balaban J connectivity index is 1.70. The summed E-state index contributed by atoms with van der Waals surface area (Å²) in [6, 6.07) is 16.1. The molecule has 0 bridgehead atoms. The van der Waals surface area contributed by atoms with Crippen LogP contribution in [-0.2, 0) is 5.72 Å². The van der Waals surface area contributed by atoms with Gasteiger partial charge in [0.15, 0.2) is 5.72 Å². The highest BCUT2D eigenvalue weighted by Gasteiger charge is 2.51. The number of aliphatic hydroxyl groups is 1. The molecular weight excluding hydrogens is 427 g/mol. The molecule has 0 fully saturated rings. The van der Waals surface area contributed by atoms with E-state index in [2.05, 4.69) is 15.3 Å². The number of aromatic amines is 1. The third kappa shape index (κ3) is 3.05. The number of fused-ring (bicyclic) bond motifs is 2. The first-order valence-corrected chi connectivity index (χ1v) is 10.2. The van der Waals surface area contributed by atoms with E-state index < -0.39 is 23.5 Å². The van der Waals surface area contributed by atoms with E-state index in [-0.39, 0.29) is 17.3 Å². The van der Waals surface area contributed by atoms with Gasteiger partial charge in [0.25, 0.3) is 5.91 Å². The van der Waals surface area contributed by atoms with Crippen LogP contribution < -0.4 is 15.0 Å². The van der Waals surface area contributed by atoms with Gasteiger partial charge in [-0.05, 0) is 36.8 Å². The van der Waals surface area contributed by atoms with Gasteiger partial charge in [0.2, 0.25) is 0 Å². The number of halogens is 1. The highest BCUT2D eigenvalue weighted by molar-refractivity contribution is 6.12. The molecule has 0 aliphatic carbocycles. The Hall–Kier alpha value is -4.24. The normalized spacial score (nSPS) is 17.3. The number of H-pyrrole nitrogens is 1. The second-order valence-corrected chi connectivity index (χ2v) is 7.68. The fourth-order valence-corrected chi connectivity index (χ4v) is 4.12. The summed E-state index contributed by atoms with van der Waals surface area (Å²) in [4.78, 5) is 33.0. The van der Waals surface area contributed by atoms with Crippen molar-refractivity contribution in [3.05, 3.63) is 88.7 Å². The van der Waals surface area contributed by atoms with E-state index in [1.165, 1.54) is 13.1 Å². The summed E-state index contributed by atoms with van der Waals surface area (Å²) in [5.74, 6) is -1.12. The van der Waals surface area contributed by atoms with Crippen LogP contribution >= 0.6 is 0 Å². The minimum Gasteiger partial charge on any atom is -0.375 e. The summed E-state index contributed by atoms with van der Waals surface area (Å²) >= 11 is 0. The molecule has 1 aromatic heterocycles. The van der Waals surface area contributed by atoms with Gasteiger partial charge in [-0.15, -0.1) is 0 Å². The molecular formula is C24H19FN4O4. The lowest BCUT2D eigenvalue weighted by atomic mass is 9.93. The Morgan fingerprint density at radius 3 is 2.76 bits per heavy atom. The van der Waals surface area contributed by atoms with Crippen LogP contribution in [0.3, 0.4) is 0 Å². The number of aromatic nitrogens is 2. The smallest absolute Gasteiger partial charge is 0.375 e. The summed E-state index contributed by atoms with van der Waals surface area (Å²) in [7, 11) is 1.42. The number of nitrogens with one attached hydrogen (secondary N) is 2. The van der Waals surface area contributed by atoms with Gasteiger partial charge in [0.1, 0.15) is 5.82 Å². The Kier molecular flexibility index (Phi) is 4.64. The molecule has 8 nitrogen and oxygen atoms in total. The summed E-state index contributed by atoms with van der Waals surface area (Å²) in [5, 5.41) is 14.4. The van der Waals surface area contributed by atoms with E-state index >= 15 is 4.39 Å². The van der Waals surface area contributed by atoms with Crippen LogP contribution in [0.2, 0.25) is 0 Å². The summed E-state index contributed by atoms with van der Waals surface area (Å²) in [6.07, 6.45) is -0.690. The van der Waals surface area contributed by atoms with E-state index in [9.17, 15) is 14.7 Å². The van der Waals surface area contributed by atoms with Gasteiger partial charge in [-0.25, -0.2) is 9.18 Å². The fourth-order valence-electron chi connectivity index (χ4n) is 4.12. The number of carbonyl (C=O) groups is 2. The van der Waals surface area contributed by atoms with Gasteiger partial charge >= 0.3 is 12.1 Å². The third-order valence-electron chi connectivity index (χ3n) is 5.73. The lowest BCUT2D eigenvalue weighted by molar-refractivity contribution is 0.0699. The number of aryl methyl sites for hydroxylation is 1. The van der Waals surface area contributed by atoms with Crippen molar-refractivity contribution in [1.82, 2.24) is 15.3 Å². The average molecular weight is 446 g/mol. The zero-order chi connectivity index (χ0) is 23.3. The monoisotopic (exact) mass is 446 g/mol. The zero-order valence-corrected chi connectivity index (χ0v) is 17.7. The molecule has 1 atom stereocenters. The number of anilines is 1. The molecule has 0 saturated heterocycles. The Morgan fingerprint density at radius 1 is 1.18 bits per heavy atom. The van der Waals surface area contributed by atoms with Crippen molar-refractivity contribution in [2.45, 2.75) is 12.6 Å². The molecule has 0 radical (unpaired) electrons. The van der Waals surface area contributed by atoms with Crippen molar-refractivity contribution in [2.24, 2.45) is 0 Å². The lowest BCUT2D eigenvalue weighted by Crippen LogP contribution is -2.45. The van der Waals surface area contributed by atoms with Gasteiger partial charge in [0, 0.05) is 23.7 Å². The molecule has 9 heteroatoms. The quantitative estimate of drug-likeness (QED) is 0.446. The summed E-state index contributed by atoms with van der Waals surface area (Å²) < 4.78 is 20.2. The predicted octanol–water partition coefficient (Wildman–Crippen LogP) is 3.58. The number of carbonyl (C=O) groups excluding carboxylic acids is 2. The largest absolute Gasteiger partial charge is 0.414 e. The molecule has 0 saturated carbocycles. The number of nitrogens with zero attached hydrogens (tertiary/aromatic N) is 2. The Bertz CT molecular complexity index is 1430. The second kappa shape index (κ2) is 7.42. The van der Waals surface area contributed by atoms with Crippen LogP contribution in [0.25, 0.3) is 11.0 Å². The second-order valence-electron chi connectivity index (χ2n) is 7.68. The molecule has 3 N–H and O–H groups in total. The first kappa shape index (κ1) is 20.7. The number of ether oxygens (including phenoxy) is 1. The van der Waals surface area contributed by atoms with Crippen molar-refractivity contribution in [3.8, 4) is 6.01 Å². The minimum absolute atomic E-state index is 0.0297. The highest BCUT2D eigenvalue weighted by Crippen LogP contribution is 2.46. The van der Waals surface area contributed by atoms with Gasteiger partial charge in [-0.3, -0.25) is 9.69 Å². The van der Waals surface area contributed by atoms with Gasteiger partial charge in [0.05, 0.1) is 16.7 Å². The van der Waals surface area contributed by atoms with Gasteiger partial charge < -0.3 is 20.1 Å². The van der Waals surface area contributed by atoms with Crippen LogP contribution in [0.5, 0.6) is 6.01 Å². The van der Waals surface area contributed by atoms with Crippen molar-refractivity contribution in [2.75, 3.05) is 11.9 Å². The number of imidazole rings is 1. The number of amides is 2. The SMILES string of the molecule is CNC(=O)Oc1nc2ccc(C3(O)c4ccccc4C(=O)N3c3cccc(C)c3F)cc2[nH]1. The summed E-state index contributed by atoms with van der Waals surface area (Å²) in [5.41, 5.74) is 0.179. The third-order valence-corrected chi connectivity index (χ3v) is 5.73. The minimum atomic E-state index is -1.98. The molecule has 5 rings (SSSR count). The van der Waals surface area contributed by atoms with Crippen molar-refractivity contribution < 1.29 is 23.8 Å². The van der Waals surface area contributed by atoms with E-state index in [1.807, 2.05) is 0 Å². The predicted molar refractivity (Wildman–Crippen MR) is 119 cm³/mol. The number of rotatable bonds is 3. The topological polar surface area (TPSA) is 108 Å². The first-order chi connectivity index (χ1) is 15.8. The average Bonchev–Trinajstić information content (AvgIpc) is 3.32. The molecule has 1 aliphatic heterocycles. The van der Waals surface area contributed by atoms with Crippen LogP contribution in [0.15, 0.2) is 60.7 Å². The highest BCUT2D eigenvalue weighted by atomic mass is 19.1. The zero-order valence-electron chi connectivity index (χ0n) is 17.7. The molecule has 0 spiro atoms. The van der Waals surface area contributed by atoms with Crippen LogP contribution in [0.4, 0.5) is 14.9 Å². The molecule has 3 aromatic carbocycles. The molecule has 4 aromatic rings. The van der Waals surface area contributed by atoms with Gasteiger partial charge in [-0.1, -0.05) is 36.4 Å². The van der Waals surface area contributed by atoms with E-state index in [4.69, 9.17) is 4.74 Å². The number of benzene rings is 3. The standard InChI is InChI=1S/C24H19FN4O4/c1-13-6-5-9-19(20(13)25)29-21(30)15-7-3-4-8-16(15)24(29,32)14-10-11-17-18(12-14)28-22(27-17)33-23(31)26-2/h3-12,32H,1-2H3,(H,26,31)(H,27,28). The molecule has 33 heavy (non-hydrogen) atoms. The summed E-state index contributed by atoms with van der Waals surface area (Å²) in [6.45, 7) is 1.59. The Morgan fingerprint density at radius 2 is 1.97 bits per heavy atom. The maximum Gasteiger partial charge on any atom is 0.414 e. The molecule has 166 valence electrons. The first-order valence-electron chi connectivity index (χ1n) is 10.2. The van der Waals surface area contributed by atoms with Crippen molar-refractivity contribution >= 4 is 28.7 Å². The lowest BCUT2D eigenvalue weighted by Gasteiger charge is -2.35. The maximum absolute atomic E-state index is 15.1. The number of hydrogen-bond acceptors (Lipinski definition) is 5. The van der Waals surface area contributed by atoms with E-state index in [1.54, 1.807) is 61.5 Å². The van der Waals surface area contributed by atoms with Crippen LogP contribution in [-0.4, -0.2) is 34.1 Å². The molecule has 1 aliphatic rings. The molecule has 2 amide bonds. The van der Waals surface area contributed by atoms with E-state index in [0.29, 0.717) is 27.7 Å². The fraction of sp³-hybridized carbons (Fsp3) is 0.125.